The van der Waals surface area contributed by atoms with Crippen molar-refractivity contribution in [3.8, 4) is 5.75 Å². The molecule has 0 spiro atoms. The molecule has 2 aliphatic rings. The minimum Gasteiger partial charge on any atom is -0.449 e. The van der Waals surface area contributed by atoms with Gasteiger partial charge in [-0.3, -0.25) is 4.79 Å². The maximum Gasteiger partial charge on any atom is 0.511 e. The van der Waals surface area contributed by atoms with Gasteiger partial charge in [0.15, 0.2) is 11.6 Å². The number of rotatable bonds is 3. The van der Waals surface area contributed by atoms with Crippen LogP contribution in [0.15, 0.2) is 17.1 Å². The molecular weight excluding hydrogens is 348 g/mol. The summed E-state index contributed by atoms with van der Waals surface area (Å²) >= 11 is 0. The number of halogens is 2. The Morgan fingerprint density at radius 2 is 2.04 bits per heavy atom. The minimum atomic E-state index is -1.66. The number of pyridine rings is 1. The van der Waals surface area contributed by atoms with Crippen molar-refractivity contribution in [3.05, 3.63) is 34.1 Å². The number of carboxylic acid groups (broad SMARTS) is 1. The summed E-state index contributed by atoms with van der Waals surface area (Å²) in [6.45, 7) is 0.752. The van der Waals surface area contributed by atoms with Crippen molar-refractivity contribution in [3.63, 3.8) is 0 Å². The number of hydrogen-bond acceptors (Lipinski definition) is 5. The molecule has 138 valence electrons. The van der Waals surface area contributed by atoms with E-state index in [0.717, 1.165) is 18.9 Å². The van der Waals surface area contributed by atoms with Crippen LogP contribution in [0.3, 0.4) is 0 Å². The molecule has 1 saturated carbocycles. The first kappa shape index (κ1) is 16.8. The Labute approximate surface area is 146 Å². The first-order chi connectivity index (χ1) is 12.4. The van der Waals surface area contributed by atoms with Gasteiger partial charge >= 0.3 is 6.16 Å². The fourth-order valence-electron chi connectivity index (χ4n) is 3.49. The van der Waals surface area contributed by atoms with Crippen LogP contribution in [-0.4, -0.2) is 35.0 Å². The van der Waals surface area contributed by atoms with Gasteiger partial charge in [-0.25, -0.2) is 13.6 Å². The molecule has 0 radical (unpaired) electrons. The lowest BCUT2D eigenvalue weighted by Gasteiger charge is -2.22. The van der Waals surface area contributed by atoms with Gasteiger partial charge < -0.3 is 25.0 Å². The number of ether oxygens (including phenoxy) is 1. The van der Waals surface area contributed by atoms with E-state index in [1.807, 2.05) is 0 Å². The van der Waals surface area contributed by atoms with E-state index in [1.165, 1.54) is 15.7 Å². The smallest absolute Gasteiger partial charge is 0.449 e. The normalized spacial score (nSPS) is 20.0. The van der Waals surface area contributed by atoms with Gasteiger partial charge in [0.25, 0.3) is 0 Å². The summed E-state index contributed by atoms with van der Waals surface area (Å²) in [5, 5.41) is 8.56. The van der Waals surface area contributed by atoms with Crippen LogP contribution in [0.25, 0.3) is 10.9 Å². The van der Waals surface area contributed by atoms with Gasteiger partial charge in [-0.2, -0.15) is 0 Å². The zero-order chi connectivity index (χ0) is 18.6. The third-order valence-electron chi connectivity index (χ3n) is 4.83. The van der Waals surface area contributed by atoms with E-state index in [1.54, 1.807) is 0 Å². The summed E-state index contributed by atoms with van der Waals surface area (Å²) in [4.78, 5) is 24.8. The Hall–Kier alpha value is -2.68. The van der Waals surface area contributed by atoms with Crippen molar-refractivity contribution >= 4 is 22.7 Å². The molecule has 3 N–H and O–H groups in total. The molecule has 2 aromatic rings. The van der Waals surface area contributed by atoms with Gasteiger partial charge in [0.1, 0.15) is 11.5 Å². The largest absolute Gasteiger partial charge is 0.511 e. The molecule has 4 rings (SSSR count). The predicted molar refractivity (Wildman–Crippen MR) is 89.9 cm³/mol. The summed E-state index contributed by atoms with van der Waals surface area (Å²) in [7, 11) is 0. The molecule has 1 aliphatic carbocycles. The van der Waals surface area contributed by atoms with E-state index in [2.05, 4.69) is 4.74 Å². The molecule has 1 aromatic heterocycles. The Morgan fingerprint density at radius 3 is 2.62 bits per heavy atom. The molecular formula is C17H17F2N3O4. The molecule has 0 bridgehead atoms. The fraction of sp³-hybridized carbons (Fsp3) is 0.412. The molecule has 26 heavy (non-hydrogen) atoms. The topological polar surface area (TPSA) is 97.8 Å². The summed E-state index contributed by atoms with van der Waals surface area (Å²) in [5.41, 5.74) is 4.74. The average molecular weight is 365 g/mol. The highest BCUT2D eigenvalue weighted by atomic mass is 19.1. The maximum atomic E-state index is 15.3. The predicted octanol–water partition coefficient (Wildman–Crippen LogP) is 2.21. The second kappa shape index (κ2) is 5.94. The van der Waals surface area contributed by atoms with E-state index in [4.69, 9.17) is 10.8 Å². The van der Waals surface area contributed by atoms with Crippen molar-refractivity contribution in [1.29, 1.82) is 0 Å². The molecule has 1 aromatic carbocycles. The van der Waals surface area contributed by atoms with Crippen molar-refractivity contribution < 1.29 is 23.4 Å². The number of fused-ring (bicyclic) bond motifs is 1. The Morgan fingerprint density at radius 1 is 1.31 bits per heavy atom. The minimum absolute atomic E-state index is 0.0351. The average Bonchev–Trinajstić information content (AvgIpc) is 3.32. The molecule has 1 atom stereocenters. The van der Waals surface area contributed by atoms with Crippen LogP contribution in [0.4, 0.5) is 19.3 Å². The van der Waals surface area contributed by atoms with Crippen molar-refractivity contribution in [2.75, 3.05) is 18.0 Å². The number of aromatic nitrogens is 1. The van der Waals surface area contributed by atoms with Crippen LogP contribution >= 0.6 is 0 Å². The van der Waals surface area contributed by atoms with E-state index in [9.17, 15) is 14.0 Å². The molecule has 1 aliphatic heterocycles. The highest BCUT2D eigenvalue weighted by Crippen LogP contribution is 2.40. The Balaban J connectivity index is 1.97. The van der Waals surface area contributed by atoms with Gasteiger partial charge in [-0.1, -0.05) is 0 Å². The van der Waals surface area contributed by atoms with Crippen LogP contribution in [0, 0.1) is 11.6 Å². The second-order valence-electron chi connectivity index (χ2n) is 6.74. The maximum absolute atomic E-state index is 15.3. The fourth-order valence-corrected chi connectivity index (χ4v) is 3.49. The molecule has 2 fully saturated rings. The molecule has 2 heterocycles. The number of hydrogen-bond donors (Lipinski definition) is 2. The standard InChI is InChI=1S/C17H17F2N3O4/c18-11-5-10-14(13(19)15(11)21-4-3-8(20)6-21)22(9-1-2-9)7-12(16(10)23)26-17(24)25/h5,7-9H,1-4,6,20H2,(H,24,25). The summed E-state index contributed by atoms with van der Waals surface area (Å²) < 4.78 is 35.9. The highest BCUT2D eigenvalue weighted by Gasteiger charge is 2.32. The van der Waals surface area contributed by atoms with Crippen molar-refractivity contribution in [2.24, 2.45) is 5.73 Å². The lowest BCUT2D eigenvalue weighted by Crippen LogP contribution is -2.28. The van der Waals surface area contributed by atoms with Gasteiger partial charge in [-0.15, -0.1) is 0 Å². The SMILES string of the molecule is NC1CCN(c2c(F)cc3c(=O)c(OC(=O)O)cn(C4CC4)c3c2F)C1. The first-order valence-corrected chi connectivity index (χ1v) is 8.35. The van der Waals surface area contributed by atoms with E-state index < -0.39 is 29.0 Å². The van der Waals surface area contributed by atoms with Crippen LogP contribution < -0.4 is 20.8 Å². The molecule has 1 saturated heterocycles. The van der Waals surface area contributed by atoms with E-state index >= 15 is 4.39 Å². The first-order valence-electron chi connectivity index (χ1n) is 8.35. The summed E-state index contributed by atoms with van der Waals surface area (Å²) in [6.07, 6.45) is 1.66. The zero-order valence-electron chi connectivity index (χ0n) is 13.7. The highest BCUT2D eigenvalue weighted by molar-refractivity contribution is 5.86. The van der Waals surface area contributed by atoms with Gasteiger partial charge in [-0.05, 0) is 25.3 Å². The van der Waals surface area contributed by atoms with E-state index in [-0.39, 0.29) is 28.7 Å². The molecule has 9 heteroatoms. The molecule has 0 amide bonds. The third-order valence-corrected chi connectivity index (χ3v) is 4.83. The van der Waals surface area contributed by atoms with Gasteiger partial charge in [0.2, 0.25) is 5.43 Å². The number of anilines is 1. The quantitative estimate of drug-likeness (QED) is 0.810. The second-order valence-corrected chi connectivity index (χ2v) is 6.74. The Kier molecular flexibility index (Phi) is 3.83. The van der Waals surface area contributed by atoms with Crippen LogP contribution in [0.1, 0.15) is 25.3 Å². The summed E-state index contributed by atoms with van der Waals surface area (Å²) in [5.74, 6) is -2.18. The lowest BCUT2D eigenvalue weighted by molar-refractivity contribution is 0.143. The zero-order valence-corrected chi connectivity index (χ0v) is 13.7. The number of nitrogens with zero attached hydrogens (tertiary/aromatic N) is 2. The molecule has 7 nitrogen and oxygen atoms in total. The number of benzene rings is 1. The summed E-state index contributed by atoms with van der Waals surface area (Å²) in [6, 6.07) is 0.706. The third kappa shape index (κ3) is 2.68. The van der Waals surface area contributed by atoms with Crippen molar-refractivity contribution in [2.45, 2.75) is 31.3 Å². The lowest BCUT2D eigenvalue weighted by atomic mass is 10.1. The monoisotopic (exact) mass is 365 g/mol. The Bertz CT molecular complexity index is 971. The van der Waals surface area contributed by atoms with Gasteiger partial charge in [0.05, 0.1) is 17.1 Å². The number of carbonyl (C=O) groups is 1. The van der Waals surface area contributed by atoms with Gasteiger partial charge in [0, 0.05) is 25.2 Å². The van der Waals surface area contributed by atoms with Crippen LogP contribution in [-0.2, 0) is 0 Å². The van der Waals surface area contributed by atoms with Crippen molar-refractivity contribution in [1.82, 2.24) is 4.57 Å². The van der Waals surface area contributed by atoms with Crippen LogP contribution in [0.5, 0.6) is 5.75 Å². The van der Waals surface area contributed by atoms with Crippen LogP contribution in [0.2, 0.25) is 0 Å². The van der Waals surface area contributed by atoms with E-state index in [0.29, 0.717) is 19.5 Å². The molecule has 1 unspecified atom stereocenters. The number of nitrogens with two attached hydrogens (primary N) is 1.